The van der Waals surface area contributed by atoms with E-state index in [-0.39, 0.29) is 51.4 Å². The van der Waals surface area contributed by atoms with Crippen molar-refractivity contribution in [3.05, 3.63) is 138 Å². The molecule has 0 spiro atoms. The van der Waals surface area contributed by atoms with Crippen molar-refractivity contribution in [2.24, 2.45) is 0 Å². The fourth-order valence-corrected chi connectivity index (χ4v) is 11.3. The molecule has 0 radical (unpaired) electrons. The molecule has 0 unspecified atom stereocenters. The molecule has 0 aromatic heterocycles. The van der Waals surface area contributed by atoms with Crippen LogP contribution in [0.25, 0.3) is 21.5 Å². The SMILES string of the molecule is Nc1cc(C(=O)Nc2cccc(C(=O)Nc3ccc(S(=O)(=O)[O-])c4cc(S(=O)(=O)[O-])cc(S(=O)(=O)[O-])c34)c2)cc(C(=O)Nc2cccc(C(=O)Nc3ccc(S(=O)(=O)[O-])c4cc(S(=O)(=O)[O-])cc(S(=O)(=O)[O-])c34)c2)c1. The first kappa shape index (κ1) is 55.0. The second-order valence-corrected chi connectivity index (χ2v) is 23.6. The van der Waals surface area contributed by atoms with Gasteiger partial charge in [0.25, 0.3) is 23.6 Å². The van der Waals surface area contributed by atoms with Crippen LogP contribution in [0, 0.1) is 0 Å². The number of hydrogen-bond donors (Lipinski definition) is 5. The summed E-state index contributed by atoms with van der Waals surface area (Å²) in [5.74, 6) is -4.11. The lowest BCUT2D eigenvalue weighted by atomic mass is 10.1. The summed E-state index contributed by atoms with van der Waals surface area (Å²) >= 11 is 0. The minimum Gasteiger partial charge on any atom is -0.744 e. The maximum absolute atomic E-state index is 13.5. The molecule has 0 aliphatic carbocycles. The van der Waals surface area contributed by atoms with Crippen molar-refractivity contribution >= 4 is 134 Å². The quantitative estimate of drug-likeness (QED) is 0.0768. The molecule has 0 aliphatic rings. The zero-order valence-electron chi connectivity index (χ0n) is 36.5. The van der Waals surface area contributed by atoms with E-state index in [0.29, 0.717) is 24.3 Å². The Kier molecular flexibility index (Phi) is 14.3. The number of nitrogen functional groups attached to an aromatic ring is 1. The lowest BCUT2D eigenvalue weighted by Crippen LogP contribution is -2.18. The average Bonchev–Trinajstić information content (AvgIpc) is 3.28. The Balaban J connectivity index is 1.12. The second-order valence-electron chi connectivity index (χ2n) is 15.5. The van der Waals surface area contributed by atoms with E-state index < -0.39 is 147 Å². The van der Waals surface area contributed by atoms with Gasteiger partial charge in [-0.15, -0.1) is 0 Å². The number of amides is 4. The minimum absolute atomic E-state index is 0.104. The highest BCUT2D eigenvalue weighted by molar-refractivity contribution is 7.87. The van der Waals surface area contributed by atoms with Gasteiger partial charge in [0.15, 0.2) is 0 Å². The van der Waals surface area contributed by atoms with Gasteiger partial charge in [0.05, 0.1) is 40.7 Å². The van der Waals surface area contributed by atoms with E-state index in [9.17, 15) is 97.0 Å². The van der Waals surface area contributed by atoms with Gasteiger partial charge >= 0.3 is 0 Å². The maximum atomic E-state index is 13.5. The predicted octanol–water partition coefficient (Wildman–Crippen LogP) is 2.01. The summed E-state index contributed by atoms with van der Waals surface area (Å²) in [6, 6.07) is 16.3. The summed E-state index contributed by atoms with van der Waals surface area (Å²) in [7, 11) is -33.7. The molecule has 0 saturated heterocycles. The number of rotatable bonds is 14. The van der Waals surface area contributed by atoms with Gasteiger partial charge < -0.3 is 54.3 Å². The highest BCUT2D eigenvalue weighted by Gasteiger charge is 2.25. The van der Waals surface area contributed by atoms with Crippen molar-refractivity contribution in [1.29, 1.82) is 0 Å². The molecule has 0 saturated carbocycles. The molecule has 4 amide bonds. The molecular formula is C42H25N5O22S6-6. The van der Waals surface area contributed by atoms with Crippen LogP contribution in [0.2, 0.25) is 0 Å². The Morgan fingerprint density at radius 2 is 0.680 bits per heavy atom. The average molecular weight is 1140 g/mol. The number of nitrogens with one attached hydrogen (secondary N) is 4. The molecule has 0 heterocycles. The van der Waals surface area contributed by atoms with Crippen LogP contribution in [0.5, 0.6) is 0 Å². The zero-order chi connectivity index (χ0) is 55.5. The largest absolute Gasteiger partial charge is 0.744 e. The van der Waals surface area contributed by atoms with Crippen molar-refractivity contribution in [3.63, 3.8) is 0 Å². The molecule has 75 heavy (non-hydrogen) atoms. The Labute approximate surface area is 422 Å². The molecule has 0 fully saturated rings. The molecule has 7 rings (SSSR count). The van der Waals surface area contributed by atoms with E-state index >= 15 is 0 Å². The van der Waals surface area contributed by atoms with Gasteiger partial charge in [-0.1, -0.05) is 12.1 Å². The van der Waals surface area contributed by atoms with E-state index in [1.54, 1.807) is 0 Å². The van der Waals surface area contributed by atoms with Crippen LogP contribution in [0.4, 0.5) is 28.4 Å². The van der Waals surface area contributed by atoms with Gasteiger partial charge in [0.2, 0.25) is 0 Å². The monoisotopic (exact) mass is 1140 g/mol. The fraction of sp³-hybridized carbons (Fsp3) is 0. The molecule has 27 nitrogen and oxygen atoms in total. The van der Waals surface area contributed by atoms with Gasteiger partial charge in [-0.05, 0) is 103 Å². The normalized spacial score (nSPS) is 12.5. The van der Waals surface area contributed by atoms with Crippen LogP contribution in [0.3, 0.4) is 0 Å². The summed E-state index contributed by atoms with van der Waals surface area (Å²) in [5.41, 5.74) is 3.25. The van der Waals surface area contributed by atoms with Crippen molar-refractivity contribution < 1.29 is 97.0 Å². The van der Waals surface area contributed by atoms with Crippen molar-refractivity contribution in [2.45, 2.75) is 29.4 Å². The number of nitrogens with two attached hydrogens (primary N) is 1. The summed E-state index contributed by atoms with van der Waals surface area (Å²) in [4.78, 5) is 45.8. The number of carbonyl (C=O) groups is 4. The molecule has 7 aromatic rings. The van der Waals surface area contributed by atoms with Crippen LogP contribution >= 0.6 is 0 Å². The number of benzene rings is 7. The van der Waals surface area contributed by atoms with Gasteiger partial charge in [-0.2, -0.15) is 0 Å². The summed E-state index contributed by atoms with van der Waals surface area (Å²) in [6.45, 7) is 0. The third-order valence-corrected chi connectivity index (χ3v) is 15.6. The number of carbonyl (C=O) groups excluding carboxylic acids is 4. The molecule has 6 N–H and O–H groups in total. The zero-order valence-corrected chi connectivity index (χ0v) is 41.4. The van der Waals surface area contributed by atoms with Gasteiger partial charge in [-0.3, -0.25) is 19.2 Å². The Hall–Kier alpha value is -7.80. The van der Waals surface area contributed by atoms with Crippen LogP contribution < -0.4 is 27.0 Å². The third-order valence-electron chi connectivity index (χ3n) is 10.4. The van der Waals surface area contributed by atoms with Crippen LogP contribution in [-0.2, 0) is 60.7 Å². The maximum Gasteiger partial charge on any atom is 0.255 e. The summed E-state index contributed by atoms with van der Waals surface area (Å²) < 4.78 is 217. The lowest BCUT2D eigenvalue weighted by molar-refractivity contribution is 0.101. The topological polar surface area (TPSA) is 486 Å². The molecule has 7 aromatic carbocycles. The van der Waals surface area contributed by atoms with Gasteiger partial charge in [-0.25, -0.2) is 50.5 Å². The van der Waals surface area contributed by atoms with Crippen LogP contribution in [0.15, 0.2) is 145 Å². The lowest BCUT2D eigenvalue weighted by Gasteiger charge is -2.20. The first-order chi connectivity index (χ1) is 34.5. The fourth-order valence-electron chi connectivity index (χ4n) is 7.30. The first-order valence-electron chi connectivity index (χ1n) is 19.8. The van der Waals surface area contributed by atoms with Crippen LogP contribution in [-0.4, -0.2) is 101 Å². The van der Waals surface area contributed by atoms with Crippen molar-refractivity contribution in [3.8, 4) is 0 Å². The van der Waals surface area contributed by atoms with Crippen molar-refractivity contribution in [2.75, 3.05) is 27.0 Å². The molecule has 0 aliphatic heterocycles. The number of hydrogen-bond acceptors (Lipinski definition) is 23. The Morgan fingerprint density at radius 3 is 1.00 bits per heavy atom. The smallest absolute Gasteiger partial charge is 0.255 e. The third kappa shape index (κ3) is 12.1. The van der Waals surface area contributed by atoms with E-state index in [1.807, 2.05) is 0 Å². The molecule has 0 atom stereocenters. The standard InChI is InChI=1S/C42H31N5O22S6/c43-24-12-22(41(50)44-25-5-1-3-20(14-25)39(48)46-31-7-9-33(72(58,59)60)29-16-27(70(52,53)54)18-35(37(29)31)74(64,65)66)11-23(13-24)42(51)45-26-6-2-4-21(15-26)40(49)47-32-8-10-34(73(61,62)63)30-17-28(71(55,56)57)19-36(38(30)32)75(67,68)69/h1-19H,43H2,(H,44,50)(H,45,51)(H,46,48)(H,47,49)(H,52,53,54)(H,55,56,57)(H,58,59,60)(H,61,62,63)(H,64,65,66)(H,67,68,69)/p-6. The number of fused-ring (bicyclic) bond motifs is 2. The van der Waals surface area contributed by atoms with E-state index in [2.05, 4.69) is 21.3 Å². The second kappa shape index (κ2) is 19.5. The highest BCUT2D eigenvalue weighted by Crippen LogP contribution is 2.39. The summed E-state index contributed by atoms with van der Waals surface area (Å²) in [6.07, 6.45) is 0. The number of anilines is 5. The van der Waals surface area contributed by atoms with E-state index in [4.69, 9.17) is 5.73 Å². The first-order valence-corrected chi connectivity index (χ1v) is 28.3. The molecule has 392 valence electrons. The van der Waals surface area contributed by atoms with Crippen molar-refractivity contribution in [1.82, 2.24) is 0 Å². The molecular weight excluding hydrogens is 1120 g/mol. The van der Waals surface area contributed by atoms with E-state index in [0.717, 1.165) is 42.5 Å². The molecule has 0 bridgehead atoms. The summed E-state index contributed by atoms with van der Waals surface area (Å²) in [5, 5.41) is 5.41. The highest BCUT2D eigenvalue weighted by atomic mass is 32.2. The van der Waals surface area contributed by atoms with Crippen LogP contribution in [0.1, 0.15) is 41.4 Å². The van der Waals surface area contributed by atoms with E-state index in [1.165, 1.54) is 36.4 Å². The predicted molar refractivity (Wildman–Crippen MR) is 251 cm³/mol. The minimum atomic E-state index is -5.76. The Morgan fingerprint density at radius 1 is 0.347 bits per heavy atom. The van der Waals surface area contributed by atoms with Gasteiger partial charge in [0.1, 0.15) is 60.7 Å². The Bertz CT molecular complexity index is 4120. The van der Waals surface area contributed by atoms with Gasteiger partial charge in [0, 0.05) is 60.9 Å². The molecule has 33 heteroatoms.